The summed E-state index contributed by atoms with van der Waals surface area (Å²) < 4.78 is 24.9. The van der Waals surface area contributed by atoms with Gasteiger partial charge in [0.1, 0.15) is 0 Å². The molecule has 0 aromatic carbocycles. The molecule has 0 aliphatic rings. The Morgan fingerprint density at radius 3 is 2.20 bits per heavy atom. The van der Waals surface area contributed by atoms with Gasteiger partial charge < -0.3 is 5.73 Å². The molecule has 0 radical (unpaired) electrons. The summed E-state index contributed by atoms with van der Waals surface area (Å²) in [7, 11) is -1.64. The summed E-state index contributed by atoms with van der Waals surface area (Å²) in [5.41, 5.74) is 5.08. The molecule has 0 aliphatic heterocycles. The largest absolute Gasteiger partial charge is 0.393 e. The van der Waals surface area contributed by atoms with Crippen LogP contribution in [0.3, 0.4) is 0 Å². The van der Waals surface area contributed by atoms with Gasteiger partial charge in [-0.05, 0) is 5.41 Å². The molecule has 2 N–H and O–H groups in total. The third-order valence-electron chi connectivity index (χ3n) is 1.76. The summed E-state index contributed by atoms with van der Waals surface area (Å²) in [4.78, 5) is 0.341. The van der Waals surface area contributed by atoms with Crippen LogP contribution < -0.4 is 5.73 Å². The molecule has 0 aliphatic carbocycles. The van der Waals surface area contributed by atoms with E-state index in [1.54, 1.807) is 7.05 Å². The second-order valence-electron chi connectivity index (χ2n) is 4.85. The highest BCUT2D eigenvalue weighted by Crippen LogP contribution is 2.17. The van der Waals surface area contributed by atoms with Crippen LogP contribution in [0, 0.1) is 5.41 Å². The first-order valence-corrected chi connectivity index (χ1v) is 6.79. The molecule has 0 saturated heterocycles. The van der Waals surface area contributed by atoms with Crippen LogP contribution >= 0.6 is 12.2 Å². The molecule has 0 aromatic heterocycles. The molecule has 0 amide bonds. The Bertz CT molecular complexity index is 317. The number of sulfonamides is 1. The van der Waals surface area contributed by atoms with Gasteiger partial charge in [-0.1, -0.05) is 33.0 Å². The van der Waals surface area contributed by atoms with Crippen LogP contribution in [0.5, 0.6) is 0 Å². The third kappa shape index (κ3) is 6.81. The topological polar surface area (TPSA) is 63.4 Å². The van der Waals surface area contributed by atoms with Gasteiger partial charge in [-0.3, -0.25) is 0 Å². The van der Waals surface area contributed by atoms with E-state index in [2.05, 4.69) is 0 Å². The van der Waals surface area contributed by atoms with Crippen LogP contribution in [0.25, 0.3) is 0 Å². The lowest BCUT2D eigenvalue weighted by atomic mass is 10.0. The van der Waals surface area contributed by atoms with Gasteiger partial charge in [0.2, 0.25) is 10.0 Å². The highest BCUT2D eigenvalue weighted by Gasteiger charge is 2.25. The van der Waals surface area contributed by atoms with Crippen LogP contribution in [-0.4, -0.2) is 37.1 Å². The maximum Gasteiger partial charge on any atom is 0.214 e. The molecular weight excluding hydrogens is 232 g/mol. The second-order valence-corrected chi connectivity index (χ2v) is 7.45. The molecule has 0 heterocycles. The van der Waals surface area contributed by atoms with Gasteiger partial charge in [0.15, 0.2) is 0 Å². The minimum atomic E-state index is -3.20. The Kier molecular flexibility index (Phi) is 5.16. The molecule has 0 saturated carbocycles. The Morgan fingerprint density at radius 1 is 1.40 bits per heavy atom. The van der Waals surface area contributed by atoms with Gasteiger partial charge in [-0.25, -0.2) is 12.7 Å². The number of hydrogen-bond donors (Lipinski definition) is 1. The van der Waals surface area contributed by atoms with Gasteiger partial charge in [0.25, 0.3) is 0 Å². The van der Waals surface area contributed by atoms with Crippen molar-refractivity contribution >= 4 is 27.2 Å². The quantitative estimate of drug-likeness (QED) is 0.741. The van der Waals surface area contributed by atoms with E-state index in [1.165, 1.54) is 4.31 Å². The van der Waals surface area contributed by atoms with E-state index in [0.717, 1.165) is 0 Å². The van der Waals surface area contributed by atoms with E-state index in [0.29, 0.717) is 18.0 Å². The maximum absolute atomic E-state index is 11.8. The lowest BCUT2D eigenvalue weighted by Gasteiger charge is -2.23. The van der Waals surface area contributed by atoms with Crippen molar-refractivity contribution in [2.45, 2.75) is 27.2 Å². The van der Waals surface area contributed by atoms with E-state index in [-0.39, 0.29) is 11.2 Å². The van der Waals surface area contributed by atoms with E-state index < -0.39 is 10.0 Å². The molecule has 90 valence electrons. The van der Waals surface area contributed by atoms with Gasteiger partial charge in [0, 0.05) is 20.0 Å². The molecule has 0 rings (SSSR count). The average molecular weight is 252 g/mol. The fourth-order valence-electron chi connectivity index (χ4n) is 1.06. The number of nitrogens with two attached hydrogens (primary N) is 1. The Morgan fingerprint density at radius 2 is 1.87 bits per heavy atom. The zero-order valence-electron chi connectivity index (χ0n) is 9.78. The van der Waals surface area contributed by atoms with E-state index in [9.17, 15) is 8.42 Å². The number of thiocarbonyl (C=S) groups is 1. The fourth-order valence-corrected chi connectivity index (χ4v) is 2.84. The number of nitrogens with zero attached hydrogens (tertiary/aromatic N) is 1. The monoisotopic (exact) mass is 252 g/mol. The first-order chi connectivity index (χ1) is 6.54. The fraction of sp³-hybridized carbons (Fsp3) is 0.889. The first-order valence-electron chi connectivity index (χ1n) is 4.77. The predicted octanol–water partition coefficient (Wildman–Crippen LogP) is 0.970. The van der Waals surface area contributed by atoms with Crippen LogP contribution in [0.15, 0.2) is 0 Å². The van der Waals surface area contributed by atoms with Crippen molar-refractivity contribution in [2.75, 3.05) is 19.3 Å². The molecule has 6 heteroatoms. The maximum atomic E-state index is 11.8. The second kappa shape index (κ2) is 5.23. The van der Waals surface area contributed by atoms with Crippen LogP contribution in [0.4, 0.5) is 0 Å². The zero-order valence-corrected chi connectivity index (χ0v) is 11.4. The zero-order chi connectivity index (χ0) is 12.3. The Labute approximate surface area is 97.9 Å². The summed E-state index contributed by atoms with van der Waals surface area (Å²) >= 11 is 4.70. The van der Waals surface area contributed by atoms with Gasteiger partial charge in [0.05, 0.1) is 10.7 Å². The van der Waals surface area contributed by atoms with Crippen LogP contribution in [-0.2, 0) is 10.0 Å². The SMILES string of the molecule is CN(CCC(N)=S)S(=O)(=O)CC(C)(C)C. The lowest BCUT2D eigenvalue weighted by Crippen LogP contribution is -2.35. The van der Waals surface area contributed by atoms with E-state index >= 15 is 0 Å². The van der Waals surface area contributed by atoms with Gasteiger partial charge >= 0.3 is 0 Å². The molecule has 0 fully saturated rings. The van der Waals surface area contributed by atoms with E-state index in [1.807, 2.05) is 20.8 Å². The van der Waals surface area contributed by atoms with Crippen molar-refractivity contribution in [2.24, 2.45) is 11.1 Å². The highest BCUT2D eigenvalue weighted by molar-refractivity contribution is 7.89. The van der Waals surface area contributed by atoms with Gasteiger partial charge in [-0.15, -0.1) is 0 Å². The molecule has 0 atom stereocenters. The van der Waals surface area contributed by atoms with E-state index in [4.69, 9.17) is 18.0 Å². The van der Waals surface area contributed by atoms with Crippen molar-refractivity contribution < 1.29 is 8.42 Å². The summed E-state index contributed by atoms with van der Waals surface area (Å²) in [5.74, 6) is 0.133. The highest BCUT2D eigenvalue weighted by atomic mass is 32.2. The molecule has 0 spiro atoms. The number of hydrogen-bond acceptors (Lipinski definition) is 3. The summed E-state index contributed by atoms with van der Waals surface area (Å²) in [6, 6.07) is 0. The van der Waals surface area contributed by atoms with Crippen LogP contribution in [0.1, 0.15) is 27.2 Å². The van der Waals surface area contributed by atoms with Gasteiger partial charge in [-0.2, -0.15) is 0 Å². The molecule has 0 aromatic rings. The molecule has 15 heavy (non-hydrogen) atoms. The van der Waals surface area contributed by atoms with Crippen molar-refractivity contribution in [1.29, 1.82) is 0 Å². The lowest BCUT2D eigenvalue weighted by molar-refractivity contribution is 0.425. The predicted molar refractivity (Wildman–Crippen MR) is 67.3 cm³/mol. The summed E-state index contributed by atoms with van der Waals surface area (Å²) in [6.45, 7) is 6.04. The first kappa shape index (κ1) is 14.8. The van der Waals surface area contributed by atoms with Crippen molar-refractivity contribution in [3.05, 3.63) is 0 Å². The third-order valence-corrected chi connectivity index (χ3v) is 4.33. The molecular formula is C9H20N2O2S2. The minimum absolute atomic E-state index is 0.133. The minimum Gasteiger partial charge on any atom is -0.393 e. The smallest absolute Gasteiger partial charge is 0.214 e. The Balaban J connectivity index is 4.40. The summed E-state index contributed by atoms with van der Waals surface area (Å²) in [6.07, 6.45) is 0.426. The molecule has 4 nitrogen and oxygen atoms in total. The van der Waals surface area contributed by atoms with Crippen molar-refractivity contribution in [3.8, 4) is 0 Å². The normalized spacial score (nSPS) is 13.1. The number of rotatable bonds is 5. The summed E-state index contributed by atoms with van der Waals surface area (Å²) in [5, 5.41) is 0. The standard InChI is InChI=1S/C9H20N2O2S2/c1-9(2,3)7-15(12,13)11(4)6-5-8(10)14/h5-7H2,1-4H3,(H2,10,14). The molecule has 0 unspecified atom stereocenters. The van der Waals surface area contributed by atoms with Crippen molar-refractivity contribution in [3.63, 3.8) is 0 Å². The molecule has 0 bridgehead atoms. The average Bonchev–Trinajstić information content (AvgIpc) is 1.94. The Hall–Kier alpha value is -0.200. The van der Waals surface area contributed by atoms with Crippen LogP contribution in [0.2, 0.25) is 0 Å². The van der Waals surface area contributed by atoms with Crippen molar-refractivity contribution in [1.82, 2.24) is 4.31 Å².